The van der Waals surface area contributed by atoms with Gasteiger partial charge in [0, 0.05) is 18.5 Å². The SMILES string of the molecule is COc1ccc([C@H](NC(=O)c2c[nH]c(=O)cn2)C2CC(O)C2)cn1. The summed E-state index contributed by atoms with van der Waals surface area (Å²) in [6.45, 7) is 0. The van der Waals surface area contributed by atoms with Gasteiger partial charge in [0.15, 0.2) is 0 Å². The number of aliphatic hydroxyl groups is 1. The second kappa shape index (κ2) is 6.79. The molecule has 8 heteroatoms. The molecule has 0 aromatic carbocycles. The summed E-state index contributed by atoms with van der Waals surface area (Å²) in [6, 6.07) is 3.26. The van der Waals surface area contributed by atoms with Gasteiger partial charge in [-0.1, -0.05) is 6.07 Å². The molecule has 1 atom stereocenters. The van der Waals surface area contributed by atoms with Gasteiger partial charge in [-0.25, -0.2) is 9.97 Å². The van der Waals surface area contributed by atoms with Gasteiger partial charge in [-0.15, -0.1) is 0 Å². The molecule has 3 N–H and O–H groups in total. The molecule has 2 aromatic heterocycles. The van der Waals surface area contributed by atoms with Crippen LogP contribution in [0, 0.1) is 5.92 Å². The lowest BCUT2D eigenvalue weighted by Crippen LogP contribution is -2.41. The number of pyridine rings is 1. The minimum Gasteiger partial charge on any atom is -0.481 e. The van der Waals surface area contributed by atoms with Crippen molar-refractivity contribution in [2.75, 3.05) is 7.11 Å². The van der Waals surface area contributed by atoms with Gasteiger partial charge in [0.1, 0.15) is 5.69 Å². The molecule has 0 radical (unpaired) electrons. The molecule has 1 amide bonds. The molecule has 0 aliphatic heterocycles. The van der Waals surface area contributed by atoms with E-state index in [4.69, 9.17) is 4.74 Å². The van der Waals surface area contributed by atoms with E-state index >= 15 is 0 Å². The van der Waals surface area contributed by atoms with Crippen molar-refractivity contribution in [2.45, 2.75) is 25.0 Å². The Morgan fingerprint density at radius 3 is 2.71 bits per heavy atom. The summed E-state index contributed by atoms with van der Waals surface area (Å²) in [5, 5.41) is 12.5. The summed E-state index contributed by atoms with van der Waals surface area (Å²) in [5.41, 5.74) is 0.580. The maximum absolute atomic E-state index is 12.4. The Labute approximate surface area is 137 Å². The van der Waals surface area contributed by atoms with Gasteiger partial charge in [-0.2, -0.15) is 0 Å². The van der Waals surface area contributed by atoms with E-state index in [-0.39, 0.29) is 29.3 Å². The van der Waals surface area contributed by atoms with Crippen molar-refractivity contribution in [3.05, 3.63) is 52.3 Å². The zero-order valence-corrected chi connectivity index (χ0v) is 13.1. The third-order valence-electron chi connectivity index (χ3n) is 4.14. The van der Waals surface area contributed by atoms with Gasteiger partial charge in [0.25, 0.3) is 11.5 Å². The van der Waals surface area contributed by atoms with Crippen LogP contribution in [0.4, 0.5) is 0 Å². The molecule has 1 aliphatic carbocycles. The number of amides is 1. The molecule has 3 rings (SSSR count). The number of nitrogens with zero attached hydrogens (tertiary/aromatic N) is 2. The second-order valence-electron chi connectivity index (χ2n) is 5.77. The number of H-pyrrole nitrogens is 1. The highest BCUT2D eigenvalue weighted by Crippen LogP contribution is 2.38. The average molecular weight is 330 g/mol. The molecule has 8 nitrogen and oxygen atoms in total. The topological polar surface area (TPSA) is 117 Å². The quantitative estimate of drug-likeness (QED) is 0.731. The van der Waals surface area contributed by atoms with Crippen molar-refractivity contribution in [1.29, 1.82) is 0 Å². The largest absolute Gasteiger partial charge is 0.481 e. The number of ether oxygens (including phenoxy) is 1. The molecule has 1 saturated carbocycles. The van der Waals surface area contributed by atoms with Crippen LogP contribution in [0.1, 0.15) is 34.9 Å². The van der Waals surface area contributed by atoms with E-state index < -0.39 is 5.91 Å². The normalized spacial score (nSPS) is 20.8. The molecule has 1 aliphatic rings. The molecular formula is C16H18N4O4. The number of hydrogen-bond acceptors (Lipinski definition) is 6. The first-order valence-electron chi connectivity index (χ1n) is 7.60. The van der Waals surface area contributed by atoms with Gasteiger partial charge < -0.3 is 20.1 Å². The Kier molecular flexibility index (Phi) is 4.57. The highest BCUT2D eigenvalue weighted by molar-refractivity contribution is 5.92. The molecule has 126 valence electrons. The highest BCUT2D eigenvalue weighted by atomic mass is 16.5. The first kappa shape index (κ1) is 16.1. The van der Waals surface area contributed by atoms with Crippen LogP contribution in [0.15, 0.2) is 35.5 Å². The fraction of sp³-hybridized carbons (Fsp3) is 0.375. The fourth-order valence-corrected chi connectivity index (χ4v) is 2.75. The first-order valence-corrected chi connectivity index (χ1v) is 7.60. The maximum atomic E-state index is 12.4. The van der Waals surface area contributed by atoms with Crippen molar-refractivity contribution in [2.24, 2.45) is 5.92 Å². The Morgan fingerprint density at radius 1 is 1.38 bits per heavy atom. The van der Waals surface area contributed by atoms with Gasteiger partial charge in [-0.05, 0) is 24.3 Å². The van der Waals surface area contributed by atoms with E-state index in [2.05, 4.69) is 20.3 Å². The third kappa shape index (κ3) is 3.43. The lowest BCUT2D eigenvalue weighted by molar-refractivity contribution is 0.0234. The summed E-state index contributed by atoms with van der Waals surface area (Å²) in [7, 11) is 1.53. The number of aromatic nitrogens is 3. The standard InChI is InChI=1S/C16H18N4O4/c1-24-14-3-2-9(6-19-14)15(10-4-11(21)5-10)20-16(23)12-7-18-13(22)8-17-12/h2-3,6-8,10-11,15,21H,4-5H2,1H3,(H,18,22)(H,20,23)/t10?,11?,15-/m0/s1. The number of rotatable bonds is 5. The van der Waals surface area contributed by atoms with Crippen molar-refractivity contribution >= 4 is 5.91 Å². The molecule has 24 heavy (non-hydrogen) atoms. The Morgan fingerprint density at radius 2 is 2.17 bits per heavy atom. The van der Waals surface area contributed by atoms with Crippen molar-refractivity contribution in [3.63, 3.8) is 0 Å². The number of nitrogens with one attached hydrogen (secondary N) is 2. The van der Waals surface area contributed by atoms with E-state index in [9.17, 15) is 14.7 Å². The Balaban J connectivity index is 1.80. The third-order valence-corrected chi connectivity index (χ3v) is 4.14. The molecule has 0 bridgehead atoms. The predicted molar refractivity (Wildman–Crippen MR) is 84.6 cm³/mol. The number of carbonyl (C=O) groups is 1. The fourth-order valence-electron chi connectivity index (χ4n) is 2.75. The molecule has 2 heterocycles. The van der Waals surface area contributed by atoms with Gasteiger partial charge >= 0.3 is 0 Å². The van der Waals surface area contributed by atoms with Crippen molar-refractivity contribution in [1.82, 2.24) is 20.3 Å². The lowest BCUT2D eigenvalue weighted by atomic mass is 9.75. The minimum atomic E-state index is -0.395. The van der Waals surface area contributed by atoms with E-state index in [1.807, 2.05) is 6.07 Å². The van der Waals surface area contributed by atoms with E-state index in [1.165, 1.54) is 13.3 Å². The summed E-state index contributed by atoms with van der Waals surface area (Å²) in [6.07, 6.45) is 4.86. The molecule has 2 aromatic rings. The first-order chi connectivity index (χ1) is 11.6. The number of aromatic amines is 1. The summed E-state index contributed by atoms with van der Waals surface area (Å²) >= 11 is 0. The zero-order valence-electron chi connectivity index (χ0n) is 13.1. The summed E-state index contributed by atoms with van der Waals surface area (Å²) in [4.78, 5) is 33.9. The zero-order chi connectivity index (χ0) is 17.1. The highest BCUT2D eigenvalue weighted by Gasteiger charge is 2.36. The Bertz CT molecular complexity index is 748. The van der Waals surface area contributed by atoms with E-state index in [1.54, 1.807) is 12.3 Å². The molecular weight excluding hydrogens is 312 g/mol. The molecule has 0 saturated heterocycles. The van der Waals surface area contributed by atoms with E-state index in [0.717, 1.165) is 11.8 Å². The number of carbonyl (C=O) groups excluding carboxylic acids is 1. The second-order valence-corrected chi connectivity index (χ2v) is 5.77. The van der Waals surface area contributed by atoms with E-state index in [0.29, 0.717) is 18.7 Å². The lowest BCUT2D eigenvalue weighted by Gasteiger charge is -2.38. The number of methoxy groups -OCH3 is 1. The monoisotopic (exact) mass is 330 g/mol. The van der Waals surface area contributed by atoms with Crippen LogP contribution in [0.3, 0.4) is 0 Å². The Hall–Kier alpha value is -2.74. The van der Waals surface area contributed by atoms with Crippen LogP contribution in [0.25, 0.3) is 0 Å². The molecule has 0 unspecified atom stereocenters. The number of aliphatic hydroxyl groups excluding tert-OH is 1. The van der Waals surface area contributed by atoms with Gasteiger partial charge in [0.2, 0.25) is 5.88 Å². The van der Waals surface area contributed by atoms with Crippen LogP contribution in [-0.4, -0.2) is 39.2 Å². The average Bonchev–Trinajstić information content (AvgIpc) is 2.58. The van der Waals surface area contributed by atoms with Crippen LogP contribution in [0.2, 0.25) is 0 Å². The molecule has 1 fully saturated rings. The van der Waals surface area contributed by atoms with Crippen LogP contribution in [-0.2, 0) is 0 Å². The maximum Gasteiger partial charge on any atom is 0.271 e. The van der Waals surface area contributed by atoms with Crippen molar-refractivity contribution in [3.8, 4) is 5.88 Å². The van der Waals surface area contributed by atoms with Gasteiger partial charge in [0.05, 0.1) is 25.5 Å². The summed E-state index contributed by atoms with van der Waals surface area (Å²) < 4.78 is 5.05. The van der Waals surface area contributed by atoms with Gasteiger partial charge in [-0.3, -0.25) is 9.59 Å². The smallest absolute Gasteiger partial charge is 0.271 e. The summed E-state index contributed by atoms with van der Waals surface area (Å²) in [5.74, 6) is 0.204. The molecule has 0 spiro atoms. The van der Waals surface area contributed by atoms with Crippen LogP contribution >= 0.6 is 0 Å². The number of hydrogen-bond donors (Lipinski definition) is 3. The van der Waals surface area contributed by atoms with Crippen LogP contribution < -0.4 is 15.6 Å². The predicted octanol–water partition coefficient (Wildman–Crippen LogP) is 0.415. The van der Waals surface area contributed by atoms with Crippen molar-refractivity contribution < 1.29 is 14.6 Å². The minimum absolute atomic E-state index is 0.113. The van der Waals surface area contributed by atoms with Crippen LogP contribution in [0.5, 0.6) is 5.88 Å².